The third-order valence-electron chi connectivity index (χ3n) is 12.5. The van der Waals surface area contributed by atoms with E-state index in [4.69, 9.17) is 23.7 Å². The van der Waals surface area contributed by atoms with E-state index in [1.54, 1.807) is 16.7 Å². The first kappa shape index (κ1) is 43.0. The van der Waals surface area contributed by atoms with Gasteiger partial charge < -0.3 is 23.7 Å². The Morgan fingerprint density at radius 1 is 0.509 bits per heavy atom. The van der Waals surface area contributed by atoms with Crippen LogP contribution < -0.4 is 0 Å². The Hall–Kier alpha value is -1.11. The monoisotopic (exact) mass is 781 g/mol. The van der Waals surface area contributed by atoms with E-state index in [0.29, 0.717) is 6.61 Å². The molecule has 0 unspecified atom stereocenters. The van der Waals surface area contributed by atoms with Gasteiger partial charge in [-0.15, -0.1) is 0 Å². The molecule has 0 saturated carbocycles. The quantitative estimate of drug-likeness (QED) is 0.0614. The van der Waals surface area contributed by atoms with Crippen LogP contribution in [0.5, 0.6) is 0 Å². The third kappa shape index (κ3) is 15.1. The highest BCUT2D eigenvalue weighted by Gasteiger charge is 2.52. The van der Waals surface area contributed by atoms with E-state index in [1.807, 2.05) is 0 Å². The molecule has 5 rings (SSSR count). The predicted octanol–water partition coefficient (Wildman–Crippen LogP) is 12.2. The van der Waals surface area contributed by atoms with Crippen molar-refractivity contribution in [2.75, 3.05) is 26.4 Å². The van der Waals surface area contributed by atoms with Gasteiger partial charge in [0.1, 0.15) is 24.4 Å². The minimum Gasteiger partial charge on any atom is -0.373 e. The molecule has 5 atom stereocenters. The molecule has 2 fully saturated rings. The summed E-state index contributed by atoms with van der Waals surface area (Å²) < 4.78 is 33.0. The molecule has 0 amide bonds. The first-order valence-electron chi connectivity index (χ1n) is 21.6. The summed E-state index contributed by atoms with van der Waals surface area (Å²) in [5, 5.41) is 0. The smallest absolute Gasteiger partial charge is 0.187 e. The minimum absolute atomic E-state index is 0.0786. The van der Waals surface area contributed by atoms with Crippen molar-refractivity contribution in [3.8, 4) is 0 Å². The van der Waals surface area contributed by atoms with E-state index >= 15 is 0 Å². The van der Waals surface area contributed by atoms with Crippen LogP contribution in [0.1, 0.15) is 77.0 Å². The van der Waals surface area contributed by atoms with Crippen LogP contribution in [-0.4, -0.2) is 81.4 Å². The normalized spacial score (nSPS) is 25.5. The van der Waals surface area contributed by atoms with E-state index in [2.05, 4.69) is 94.0 Å². The molecule has 0 radical (unpaired) electrons. The van der Waals surface area contributed by atoms with Crippen molar-refractivity contribution in [3.05, 3.63) is 71.4 Å². The second kappa shape index (κ2) is 21.4. The molecular formula is C45H76O5Si3. The Morgan fingerprint density at radius 3 is 1.28 bits per heavy atom. The fourth-order valence-electron chi connectivity index (χ4n) is 9.00. The molecule has 0 spiro atoms. The highest BCUT2D eigenvalue weighted by atomic mass is 28.3. The molecule has 298 valence electrons. The van der Waals surface area contributed by atoms with Gasteiger partial charge in [-0.05, 0) is 57.8 Å². The minimum atomic E-state index is -1.28. The molecule has 0 aromatic carbocycles. The summed E-state index contributed by atoms with van der Waals surface area (Å²) in [5.74, 6) is 0. The summed E-state index contributed by atoms with van der Waals surface area (Å²) in [6.07, 6.45) is 34.0. The van der Waals surface area contributed by atoms with Crippen LogP contribution in [0.15, 0.2) is 71.4 Å². The van der Waals surface area contributed by atoms with Gasteiger partial charge in [0, 0.05) is 44.0 Å². The molecule has 2 saturated heterocycles. The van der Waals surface area contributed by atoms with Crippen LogP contribution in [0, 0.1) is 0 Å². The van der Waals surface area contributed by atoms with Crippen LogP contribution in [0.4, 0.5) is 0 Å². The summed E-state index contributed by atoms with van der Waals surface area (Å²) in [5.41, 5.74) is 4.81. The van der Waals surface area contributed by atoms with Gasteiger partial charge in [0.15, 0.2) is 6.29 Å². The Balaban J connectivity index is 1.09. The van der Waals surface area contributed by atoms with Gasteiger partial charge in [0.05, 0.1) is 6.61 Å². The zero-order valence-corrected chi connectivity index (χ0v) is 37.7. The van der Waals surface area contributed by atoms with Gasteiger partial charge in [0.25, 0.3) is 0 Å². The van der Waals surface area contributed by atoms with E-state index in [0.717, 1.165) is 58.3 Å². The molecule has 3 aliphatic carbocycles. The lowest BCUT2D eigenvalue weighted by molar-refractivity contribution is -0.261. The Labute approximate surface area is 327 Å². The van der Waals surface area contributed by atoms with Gasteiger partial charge in [-0.3, -0.25) is 0 Å². The van der Waals surface area contributed by atoms with Crippen molar-refractivity contribution < 1.29 is 23.7 Å². The first-order valence-corrected chi connectivity index (χ1v) is 31.9. The van der Waals surface area contributed by atoms with Crippen molar-refractivity contribution >= 4 is 24.2 Å². The second-order valence-corrected chi connectivity index (χ2v) is 35.1. The molecule has 2 bridgehead atoms. The van der Waals surface area contributed by atoms with Crippen LogP contribution in [0.25, 0.3) is 0 Å². The van der Waals surface area contributed by atoms with Gasteiger partial charge in [-0.1, -0.05) is 166 Å². The van der Waals surface area contributed by atoms with Crippen LogP contribution in [-0.2, 0) is 23.7 Å². The van der Waals surface area contributed by atoms with E-state index < -0.39 is 24.2 Å². The van der Waals surface area contributed by atoms with Gasteiger partial charge in [-0.25, -0.2) is 0 Å². The second-order valence-electron chi connectivity index (χ2n) is 19.1. The largest absolute Gasteiger partial charge is 0.373 e. The van der Waals surface area contributed by atoms with Crippen molar-refractivity contribution in [3.63, 3.8) is 0 Å². The maximum absolute atomic E-state index is 6.86. The zero-order valence-electron chi connectivity index (χ0n) is 34.7. The molecule has 5 aliphatic rings. The van der Waals surface area contributed by atoms with Crippen molar-refractivity contribution in [1.29, 1.82) is 0 Å². The molecular weight excluding hydrogens is 705 g/mol. The Bertz CT molecular complexity index is 1240. The molecule has 0 N–H and O–H groups in total. The fourth-order valence-corrected chi connectivity index (χ4v) is 16.5. The highest BCUT2D eigenvalue weighted by molar-refractivity contribution is 6.78. The average molecular weight is 781 g/mol. The molecule has 8 heteroatoms. The first-order chi connectivity index (χ1) is 25.5. The Kier molecular flexibility index (Phi) is 17.4. The summed E-state index contributed by atoms with van der Waals surface area (Å²) in [6, 6.07) is 8.06. The van der Waals surface area contributed by atoms with E-state index in [9.17, 15) is 0 Å². The van der Waals surface area contributed by atoms with Gasteiger partial charge >= 0.3 is 0 Å². The third-order valence-corrected chi connectivity index (χ3v) is 22.8. The molecule has 53 heavy (non-hydrogen) atoms. The summed E-state index contributed by atoms with van der Waals surface area (Å²) in [6.45, 7) is 18.2. The zero-order chi connectivity index (χ0) is 37.6. The van der Waals surface area contributed by atoms with Gasteiger partial charge in [0.2, 0.25) is 0 Å². The number of hydrogen-bond donors (Lipinski definition) is 0. The average Bonchev–Trinajstić information content (AvgIpc) is 3.95. The Morgan fingerprint density at radius 2 is 0.887 bits per heavy atom. The number of hydrogen-bond acceptors (Lipinski definition) is 5. The number of fused-ring (bicyclic) bond motifs is 2. The fraction of sp³-hybridized carbons (Fsp3) is 0.733. The lowest BCUT2D eigenvalue weighted by Gasteiger charge is -2.40. The molecule has 2 aliphatic heterocycles. The van der Waals surface area contributed by atoms with Crippen LogP contribution >= 0.6 is 0 Å². The highest BCUT2D eigenvalue weighted by Crippen LogP contribution is 2.35. The molecule has 0 aromatic heterocycles. The summed E-state index contributed by atoms with van der Waals surface area (Å²) in [4.78, 5) is 0. The lowest BCUT2D eigenvalue weighted by atomic mass is 10.00. The predicted molar refractivity (Wildman–Crippen MR) is 232 cm³/mol. The van der Waals surface area contributed by atoms with Crippen LogP contribution in [0.2, 0.25) is 75.5 Å². The summed E-state index contributed by atoms with van der Waals surface area (Å²) in [7, 11) is -3.82. The van der Waals surface area contributed by atoms with Gasteiger partial charge in [-0.2, -0.15) is 0 Å². The molecule has 0 aromatic rings. The van der Waals surface area contributed by atoms with E-state index in [-0.39, 0.29) is 30.7 Å². The summed E-state index contributed by atoms with van der Waals surface area (Å²) >= 11 is 0. The standard InChI is InChI=1S/C45H76O5Si3/c1-51(2,31-13-25-38-19-7-8-20-38)34-16-28-46-42-41-37-49-45(50-41)44(48-30-18-36-53(5,6)33-15-27-40-23-11-12-24-40)43(42)47-29-17-35-52(3,4)32-14-26-39-21-9-10-22-39/h7-12,19,21,23,41-45H,13-18,20,22,24-37H2,1-6H3/t41-,42-,43+,44-,45-/m1/s1. The van der Waals surface area contributed by atoms with Crippen LogP contribution in [0.3, 0.4) is 0 Å². The SMILES string of the molecule is C[Si](C)(CCCO[C@@H]1[C@@H](OCCC[Si](C)(C)CCCC2=CC=CC2)[C@@H]2OC[C@@H](O2)[C@H]1OCCC[Si](C)(C)CCCC1=CC=CC1)CCCC1=CC=CC1. The lowest BCUT2D eigenvalue weighted by Crippen LogP contribution is -2.57. The maximum atomic E-state index is 6.86. The molecule has 5 nitrogen and oxygen atoms in total. The van der Waals surface area contributed by atoms with Crippen molar-refractivity contribution in [1.82, 2.24) is 0 Å². The maximum Gasteiger partial charge on any atom is 0.187 e. The topological polar surface area (TPSA) is 46.2 Å². The number of ether oxygens (including phenoxy) is 5. The number of allylic oxidation sites excluding steroid dienone is 12. The molecule has 2 heterocycles. The van der Waals surface area contributed by atoms with E-state index in [1.165, 1.54) is 74.8 Å². The van der Waals surface area contributed by atoms with Crippen molar-refractivity contribution in [2.45, 2.75) is 183 Å². The van der Waals surface area contributed by atoms with Crippen molar-refractivity contribution in [2.24, 2.45) is 0 Å². The number of rotatable bonds is 27.